The molecule has 4 heteroatoms. The Labute approximate surface area is 108 Å². The Morgan fingerprint density at radius 2 is 2.18 bits per heavy atom. The second-order valence-electron chi connectivity index (χ2n) is 3.97. The summed E-state index contributed by atoms with van der Waals surface area (Å²) in [6.07, 6.45) is 0. The molecule has 0 heterocycles. The van der Waals surface area contributed by atoms with Gasteiger partial charge in [-0.1, -0.05) is 18.2 Å². The van der Waals surface area contributed by atoms with E-state index < -0.39 is 0 Å². The Bertz CT molecular complexity index is 429. The van der Waals surface area contributed by atoms with Gasteiger partial charge < -0.3 is 15.4 Å². The zero-order valence-electron chi connectivity index (χ0n) is 10.5. The lowest BCUT2D eigenvalue weighted by Crippen LogP contribution is -2.29. The van der Waals surface area contributed by atoms with Crippen LogP contribution in [0.4, 0.5) is 5.69 Å². The van der Waals surface area contributed by atoms with Crippen molar-refractivity contribution in [1.29, 1.82) is 0 Å². The quantitative estimate of drug-likeness (QED) is 0.636. The molecule has 0 radical (unpaired) electrons. The van der Waals surface area contributed by atoms with E-state index in [9.17, 15) is 0 Å². The van der Waals surface area contributed by atoms with Gasteiger partial charge in [0.25, 0.3) is 0 Å². The van der Waals surface area contributed by atoms with Crippen molar-refractivity contribution in [3.8, 4) is 5.75 Å². The maximum absolute atomic E-state index is 5.26. The van der Waals surface area contributed by atoms with Gasteiger partial charge in [0.15, 0.2) is 5.11 Å². The molecule has 0 saturated carbocycles. The smallest absolute Gasteiger partial charge is 0.171 e. The van der Waals surface area contributed by atoms with Crippen LogP contribution in [0.25, 0.3) is 0 Å². The van der Waals surface area contributed by atoms with Crippen molar-refractivity contribution in [2.45, 2.75) is 13.8 Å². The normalized spacial score (nSPS) is 9.59. The van der Waals surface area contributed by atoms with Gasteiger partial charge in [-0.25, -0.2) is 0 Å². The number of benzene rings is 1. The van der Waals surface area contributed by atoms with E-state index >= 15 is 0 Å². The summed E-state index contributed by atoms with van der Waals surface area (Å²) >= 11 is 5.19. The summed E-state index contributed by atoms with van der Waals surface area (Å²) in [6, 6.07) is 5.90. The van der Waals surface area contributed by atoms with E-state index in [4.69, 9.17) is 17.0 Å². The molecule has 0 aliphatic carbocycles. The average molecular weight is 250 g/mol. The number of nitrogens with one attached hydrogen (secondary N) is 2. The Hall–Kier alpha value is -1.55. The lowest BCUT2D eigenvalue weighted by Gasteiger charge is -2.14. The summed E-state index contributed by atoms with van der Waals surface area (Å²) in [4.78, 5) is 0. The molecule has 0 bridgehead atoms. The summed E-state index contributed by atoms with van der Waals surface area (Å²) in [5.74, 6) is 0.773. The number of rotatable bonds is 4. The Kier molecular flexibility index (Phi) is 4.97. The Morgan fingerprint density at radius 1 is 1.47 bits per heavy atom. The van der Waals surface area contributed by atoms with Crippen LogP contribution >= 0.6 is 12.2 Å². The van der Waals surface area contributed by atoms with Crippen LogP contribution in [-0.2, 0) is 0 Å². The maximum atomic E-state index is 5.26. The molecule has 0 unspecified atom stereocenters. The van der Waals surface area contributed by atoms with Gasteiger partial charge in [0.05, 0.1) is 12.8 Å². The zero-order valence-corrected chi connectivity index (χ0v) is 11.3. The van der Waals surface area contributed by atoms with Crippen LogP contribution in [0.2, 0.25) is 0 Å². The maximum Gasteiger partial charge on any atom is 0.171 e. The van der Waals surface area contributed by atoms with Crippen LogP contribution in [0.1, 0.15) is 12.5 Å². The number of hydrogen-bond donors (Lipinski definition) is 2. The van der Waals surface area contributed by atoms with E-state index in [-0.39, 0.29) is 0 Å². The van der Waals surface area contributed by atoms with Gasteiger partial charge >= 0.3 is 0 Å². The molecule has 0 fully saturated rings. The molecule has 0 atom stereocenters. The highest BCUT2D eigenvalue weighted by atomic mass is 32.1. The van der Waals surface area contributed by atoms with Crippen molar-refractivity contribution in [3.05, 3.63) is 35.9 Å². The highest BCUT2D eigenvalue weighted by Crippen LogP contribution is 2.24. The molecule has 0 aliphatic heterocycles. The predicted molar refractivity (Wildman–Crippen MR) is 76.8 cm³/mol. The summed E-state index contributed by atoms with van der Waals surface area (Å²) in [7, 11) is 1.64. The first-order valence-electron chi connectivity index (χ1n) is 5.37. The summed E-state index contributed by atoms with van der Waals surface area (Å²) in [5.41, 5.74) is 3.05. The van der Waals surface area contributed by atoms with Crippen molar-refractivity contribution in [2.75, 3.05) is 19.0 Å². The Balaban J connectivity index is 2.69. The third-order valence-electron chi connectivity index (χ3n) is 2.15. The summed E-state index contributed by atoms with van der Waals surface area (Å²) in [6.45, 7) is 8.44. The lowest BCUT2D eigenvalue weighted by molar-refractivity contribution is 0.417. The highest BCUT2D eigenvalue weighted by Gasteiger charge is 2.04. The van der Waals surface area contributed by atoms with Gasteiger partial charge in [-0.15, -0.1) is 0 Å². The van der Waals surface area contributed by atoms with E-state index in [1.54, 1.807) is 7.11 Å². The molecule has 3 nitrogen and oxygen atoms in total. The minimum atomic E-state index is 0.567. The molecular formula is C13H18N2OS. The molecule has 92 valence electrons. The fourth-order valence-corrected chi connectivity index (χ4v) is 1.50. The monoisotopic (exact) mass is 250 g/mol. The molecule has 0 spiro atoms. The van der Waals surface area contributed by atoms with Crippen molar-refractivity contribution in [2.24, 2.45) is 0 Å². The second-order valence-corrected chi connectivity index (χ2v) is 4.38. The van der Waals surface area contributed by atoms with E-state index in [1.807, 2.05) is 32.0 Å². The van der Waals surface area contributed by atoms with Gasteiger partial charge in [-0.3, -0.25) is 0 Å². The fourth-order valence-electron chi connectivity index (χ4n) is 1.32. The van der Waals surface area contributed by atoms with E-state index in [0.717, 1.165) is 22.6 Å². The first kappa shape index (κ1) is 13.5. The molecule has 2 N–H and O–H groups in total. The zero-order chi connectivity index (χ0) is 12.8. The number of methoxy groups -OCH3 is 1. The van der Waals surface area contributed by atoms with Gasteiger partial charge in [-0.05, 0) is 43.8 Å². The van der Waals surface area contributed by atoms with E-state index in [1.165, 1.54) is 0 Å². The second kappa shape index (κ2) is 6.25. The molecule has 1 aromatic rings. The Morgan fingerprint density at radius 3 is 2.76 bits per heavy atom. The molecule has 0 amide bonds. The molecule has 0 aromatic heterocycles. The number of aryl methyl sites for hydroxylation is 1. The third kappa shape index (κ3) is 4.44. The van der Waals surface area contributed by atoms with Crippen LogP contribution < -0.4 is 15.4 Å². The molecule has 0 aliphatic rings. The lowest BCUT2D eigenvalue weighted by atomic mass is 10.2. The SMILES string of the molecule is C=C(C)CNC(=S)Nc1cc(C)ccc1OC. The number of hydrogen-bond acceptors (Lipinski definition) is 2. The molecular weight excluding hydrogens is 232 g/mol. The van der Waals surface area contributed by atoms with E-state index in [2.05, 4.69) is 17.2 Å². The average Bonchev–Trinajstić information content (AvgIpc) is 2.27. The molecule has 0 saturated heterocycles. The third-order valence-corrected chi connectivity index (χ3v) is 2.40. The number of thiocarbonyl (C=S) groups is 1. The largest absolute Gasteiger partial charge is 0.495 e. The fraction of sp³-hybridized carbons (Fsp3) is 0.308. The van der Waals surface area contributed by atoms with Crippen LogP contribution in [0.15, 0.2) is 30.4 Å². The topological polar surface area (TPSA) is 33.3 Å². The van der Waals surface area contributed by atoms with Crippen molar-refractivity contribution in [3.63, 3.8) is 0 Å². The standard InChI is InChI=1S/C13H18N2OS/c1-9(2)8-14-13(17)15-11-7-10(3)5-6-12(11)16-4/h5-7H,1,8H2,2-4H3,(H2,14,15,17). The highest BCUT2D eigenvalue weighted by molar-refractivity contribution is 7.80. The van der Waals surface area contributed by atoms with Crippen LogP contribution in [0.3, 0.4) is 0 Å². The van der Waals surface area contributed by atoms with Gasteiger partial charge in [0, 0.05) is 6.54 Å². The molecule has 1 rings (SSSR count). The van der Waals surface area contributed by atoms with Crippen molar-refractivity contribution < 1.29 is 4.74 Å². The predicted octanol–water partition coefficient (Wildman–Crippen LogP) is 2.87. The van der Waals surface area contributed by atoms with Gasteiger partial charge in [0.1, 0.15) is 5.75 Å². The minimum Gasteiger partial charge on any atom is -0.495 e. The van der Waals surface area contributed by atoms with Crippen LogP contribution in [-0.4, -0.2) is 18.8 Å². The summed E-state index contributed by atoms with van der Waals surface area (Å²) < 4.78 is 5.26. The van der Waals surface area contributed by atoms with Crippen LogP contribution in [0.5, 0.6) is 5.75 Å². The first-order valence-corrected chi connectivity index (χ1v) is 5.77. The van der Waals surface area contributed by atoms with Crippen LogP contribution in [0, 0.1) is 6.92 Å². The first-order chi connectivity index (χ1) is 8.02. The van der Waals surface area contributed by atoms with Gasteiger partial charge in [-0.2, -0.15) is 0 Å². The van der Waals surface area contributed by atoms with E-state index in [0.29, 0.717) is 11.7 Å². The number of anilines is 1. The molecule has 17 heavy (non-hydrogen) atoms. The van der Waals surface area contributed by atoms with Crippen molar-refractivity contribution in [1.82, 2.24) is 5.32 Å². The molecule has 1 aromatic carbocycles. The van der Waals surface area contributed by atoms with Crippen molar-refractivity contribution >= 4 is 23.0 Å². The van der Waals surface area contributed by atoms with Gasteiger partial charge in [0.2, 0.25) is 0 Å². The number of ether oxygens (including phenoxy) is 1. The summed E-state index contributed by atoms with van der Waals surface area (Å²) in [5, 5.41) is 6.75. The minimum absolute atomic E-state index is 0.567.